The van der Waals surface area contributed by atoms with Gasteiger partial charge in [0.15, 0.2) is 34.6 Å². The molecule has 2 amide bonds. The van der Waals surface area contributed by atoms with E-state index in [1.165, 1.54) is 15.7 Å². The second-order valence-electron chi connectivity index (χ2n) is 24.2. The van der Waals surface area contributed by atoms with Crippen LogP contribution in [0.1, 0.15) is 232 Å². The van der Waals surface area contributed by atoms with Crippen LogP contribution in [0.15, 0.2) is 81.4 Å². The Morgan fingerprint density at radius 1 is 0.500 bits per heavy atom. The Balaban J connectivity index is 1.53. The smallest absolute Gasteiger partial charge is 0.256 e. The third-order valence-corrected chi connectivity index (χ3v) is 15.7. The minimum atomic E-state index is -0.522. The van der Waals surface area contributed by atoms with E-state index >= 15 is 0 Å². The number of anilines is 2. The van der Waals surface area contributed by atoms with Gasteiger partial charge in [0, 0.05) is 43.1 Å². The van der Waals surface area contributed by atoms with E-state index in [0.29, 0.717) is 107 Å². The van der Waals surface area contributed by atoms with Crippen molar-refractivity contribution in [2.45, 2.75) is 210 Å². The fourth-order valence-corrected chi connectivity index (χ4v) is 10.4. The standard InChI is InChI=1S/C64H100N14O2/c1-15-23-31-45(19-5)40-75(41-46(20-6)32-24-16-2)61(79)49-35-27-29-37-51(49)69-71-55-57(63(9,10)11)73-77(59(55)65)53-39-54(68-44-67-53)78-60(66)56(58(74-78)64(12,13)14)72-70-52-38-30-28-36-50(52)62(80)76(42-47(21-7)33-25-17-3)43-48(22-8)34-26-18-4/h27-30,35-39,44-48H,15-26,31-34,40-43,65-66H2,1-14H3. The number of carbonyl (C=O) groups excluding carboxylic acids is 2. The first-order chi connectivity index (χ1) is 38.3. The minimum absolute atomic E-state index is 0.0340. The third kappa shape index (κ3) is 17.3. The summed E-state index contributed by atoms with van der Waals surface area (Å²) < 4.78 is 3.06. The van der Waals surface area contributed by atoms with Gasteiger partial charge in [0.25, 0.3) is 11.8 Å². The number of azo groups is 2. The van der Waals surface area contributed by atoms with Crippen LogP contribution < -0.4 is 11.5 Å². The van der Waals surface area contributed by atoms with E-state index in [1.807, 2.05) is 90.1 Å². The number of nitrogen functional groups attached to an aromatic ring is 2. The Hall–Kier alpha value is -6.32. The van der Waals surface area contributed by atoms with Gasteiger partial charge < -0.3 is 21.3 Å². The van der Waals surface area contributed by atoms with Crippen molar-refractivity contribution >= 4 is 46.2 Å². The first-order valence-corrected chi connectivity index (χ1v) is 30.5. The van der Waals surface area contributed by atoms with E-state index in [0.717, 1.165) is 103 Å². The molecule has 4 N–H and O–H groups in total. The van der Waals surface area contributed by atoms with Gasteiger partial charge in [-0.05, 0) is 73.6 Å². The van der Waals surface area contributed by atoms with Gasteiger partial charge in [0.1, 0.15) is 6.33 Å². The predicted molar refractivity (Wildman–Crippen MR) is 329 cm³/mol. The lowest BCUT2D eigenvalue weighted by Crippen LogP contribution is -2.39. The van der Waals surface area contributed by atoms with Gasteiger partial charge in [0.05, 0.1) is 33.9 Å². The van der Waals surface area contributed by atoms with Crippen LogP contribution in [0.4, 0.5) is 34.4 Å². The molecule has 0 saturated carbocycles. The summed E-state index contributed by atoms with van der Waals surface area (Å²) in [6.07, 6.45) is 18.9. The van der Waals surface area contributed by atoms with Crippen LogP contribution in [-0.4, -0.2) is 77.3 Å². The first kappa shape index (κ1) is 64.5. The second-order valence-corrected chi connectivity index (χ2v) is 24.2. The Kier molecular flexibility index (Phi) is 25.0. The number of rotatable bonds is 32. The number of hydrogen-bond acceptors (Lipinski definition) is 12. The zero-order valence-electron chi connectivity index (χ0n) is 51.6. The molecule has 0 aliphatic heterocycles. The summed E-state index contributed by atoms with van der Waals surface area (Å²) in [4.78, 5) is 43.0. The molecule has 0 aliphatic rings. The van der Waals surface area contributed by atoms with Crippen LogP contribution in [0.3, 0.4) is 0 Å². The largest absolute Gasteiger partial charge is 0.382 e. The molecule has 80 heavy (non-hydrogen) atoms. The van der Waals surface area contributed by atoms with Crippen LogP contribution in [0.2, 0.25) is 0 Å². The Morgan fingerprint density at radius 3 is 1.10 bits per heavy atom. The molecule has 4 atom stereocenters. The molecule has 0 bridgehead atoms. The summed E-state index contributed by atoms with van der Waals surface area (Å²) in [5, 5.41) is 29.2. The Labute approximate surface area is 480 Å². The van der Waals surface area contributed by atoms with E-state index in [-0.39, 0.29) is 23.5 Å². The second kappa shape index (κ2) is 31.0. The molecule has 0 radical (unpaired) electrons. The van der Waals surface area contributed by atoms with Crippen molar-refractivity contribution in [1.29, 1.82) is 0 Å². The quantitative estimate of drug-likeness (QED) is 0.0396. The molecule has 0 fully saturated rings. The molecule has 2 aromatic carbocycles. The van der Waals surface area contributed by atoms with Crippen LogP contribution in [0, 0.1) is 23.7 Å². The van der Waals surface area contributed by atoms with Gasteiger partial charge in [-0.15, -0.1) is 20.5 Å². The number of amides is 2. The van der Waals surface area contributed by atoms with E-state index < -0.39 is 10.8 Å². The Bertz CT molecular complexity index is 2560. The van der Waals surface area contributed by atoms with Crippen molar-refractivity contribution in [3.05, 3.63) is 83.4 Å². The molecule has 0 spiro atoms. The van der Waals surface area contributed by atoms with Gasteiger partial charge in [-0.3, -0.25) is 9.59 Å². The number of aromatic nitrogens is 6. The maximum Gasteiger partial charge on any atom is 0.256 e. The number of hydrogen-bond donors (Lipinski definition) is 2. The number of benzene rings is 2. The molecular formula is C64H100N14O2. The predicted octanol–water partition coefficient (Wildman–Crippen LogP) is 17.2. The van der Waals surface area contributed by atoms with E-state index in [1.54, 1.807) is 6.07 Å². The lowest BCUT2D eigenvalue weighted by molar-refractivity contribution is 0.0679. The molecule has 5 rings (SSSR count). The van der Waals surface area contributed by atoms with Crippen molar-refractivity contribution in [3.63, 3.8) is 0 Å². The van der Waals surface area contributed by atoms with Crippen molar-refractivity contribution < 1.29 is 9.59 Å². The van der Waals surface area contributed by atoms with Gasteiger partial charge >= 0.3 is 0 Å². The monoisotopic (exact) mass is 1100 g/mol. The maximum atomic E-state index is 14.8. The molecule has 0 aliphatic carbocycles. The highest BCUT2D eigenvalue weighted by atomic mass is 16.2. The van der Waals surface area contributed by atoms with Crippen LogP contribution >= 0.6 is 0 Å². The fraction of sp³-hybridized carbons (Fsp3) is 0.625. The number of nitrogens with two attached hydrogens (primary N) is 2. The van der Waals surface area contributed by atoms with Gasteiger partial charge in [-0.2, -0.15) is 19.6 Å². The van der Waals surface area contributed by atoms with Crippen LogP contribution in [0.25, 0.3) is 11.6 Å². The topological polar surface area (TPSA) is 204 Å². The molecular weight excluding hydrogens is 997 g/mol. The van der Waals surface area contributed by atoms with Crippen molar-refractivity contribution in [3.8, 4) is 11.6 Å². The highest BCUT2D eigenvalue weighted by Gasteiger charge is 2.31. The number of unbranched alkanes of at least 4 members (excludes halogenated alkanes) is 4. The van der Waals surface area contributed by atoms with E-state index in [4.69, 9.17) is 42.1 Å². The number of nitrogens with zero attached hydrogens (tertiary/aromatic N) is 12. The molecule has 3 heterocycles. The molecule has 3 aromatic heterocycles. The molecule has 16 nitrogen and oxygen atoms in total. The lowest BCUT2D eigenvalue weighted by Gasteiger charge is -2.31. The van der Waals surface area contributed by atoms with E-state index in [9.17, 15) is 9.59 Å². The molecule has 0 saturated heterocycles. The fourth-order valence-electron chi connectivity index (χ4n) is 10.4. The highest BCUT2D eigenvalue weighted by Crippen LogP contribution is 2.41. The molecule has 4 unspecified atom stereocenters. The van der Waals surface area contributed by atoms with Gasteiger partial charge in [0.2, 0.25) is 0 Å². The van der Waals surface area contributed by atoms with Gasteiger partial charge in [-0.25, -0.2) is 9.97 Å². The molecule has 438 valence electrons. The first-order valence-electron chi connectivity index (χ1n) is 30.5. The van der Waals surface area contributed by atoms with E-state index in [2.05, 4.69) is 75.2 Å². The summed E-state index contributed by atoms with van der Waals surface area (Å²) in [6, 6.07) is 16.6. The van der Waals surface area contributed by atoms with Crippen molar-refractivity contribution in [1.82, 2.24) is 39.3 Å². The zero-order valence-corrected chi connectivity index (χ0v) is 51.6. The average molecular weight is 1100 g/mol. The summed E-state index contributed by atoms with van der Waals surface area (Å²) in [5.41, 5.74) is 16.8. The summed E-state index contributed by atoms with van der Waals surface area (Å²) >= 11 is 0. The zero-order chi connectivity index (χ0) is 58.6. The Morgan fingerprint density at radius 2 is 0.812 bits per heavy atom. The molecule has 16 heteroatoms. The lowest BCUT2D eigenvalue weighted by atomic mass is 9.91. The van der Waals surface area contributed by atoms with Gasteiger partial charge in [-0.1, -0.05) is 198 Å². The van der Waals surface area contributed by atoms with Crippen LogP contribution in [-0.2, 0) is 10.8 Å². The highest BCUT2D eigenvalue weighted by molar-refractivity contribution is 5.99. The maximum absolute atomic E-state index is 14.8. The minimum Gasteiger partial charge on any atom is -0.382 e. The SMILES string of the molecule is CCCCC(CC)CN(CC(CC)CCCC)C(=O)c1ccccc1N=Nc1c(C(C)(C)C)nn(-c2cc(-n3nc(C(C)(C)C)c(N=Nc4ccccc4C(=O)N(CC(CC)CCCC)CC(CC)CCCC)c3N)ncn2)c1N. The van der Waals surface area contributed by atoms with Crippen LogP contribution in [0.5, 0.6) is 0 Å². The summed E-state index contributed by atoms with van der Waals surface area (Å²) in [6.45, 7) is 32.9. The normalized spacial score (nSPS) is 13.8. The summed E-state index contributed by atoms with van der Waals surface area (Å²) in [7, 11) is 0. The number of carbonyl (C=O) groups is 2. The van der Waals surface area contributed by atoms with Crippen molar-refractivity contribution in [2.24, 2.45) is 44.1 Å². The molecule has 5 aromatic rings. The summed E-state index contributed by atoms with van der Waals surface area (Å²) in [5.74, 6) is 2.70. The third-order valence-electron chi connectivity index (χ3n) is 15.7. The van der Waals surface area contributed by atoms with Crippen molar-refractivity contribution in [2.75, 3.05) is 37.6 Å². The average Bonchev–Trinajstić information content (AvgIpc) is 4.01.